The lowest BCUT2D eigenvalue weighted by Gasteiger charge is -2.44. The molecular weight excluding hydrogens is 433 g/mol. The fourth-order valence-electron chi connectivity index (χ4n) is 4.88. The van der Waals surface area contributed by atoms with Gasteiger partial charge in [0.1, 0.15) is 5.78 Å². The Hall–Kier alpha value is -2.20. The van der Waals surface area contributed by atoms with Crippen LogP contribution in [0.25, 0.3) is 0 Å². The van der Waals surface area contributed by atoms with Crippen LogP contribution in [0, 0.1) is 0 Å². The number of anilines is 2. The van der Waals surface area contributed by atoms with Gasteiger partial charge in [-0.25, -0.2) is 0 Å². The molecule has 5 rings (SSSR count). The van der Waals surface area contributed by atoms with Gasteiger partial charge in [-0.2, -0.15) is 11.8 Å². The van der Waals surface area contributed by atoms with Crippen LogP contribution in [0.5, 0.6) is 0 Å². The Kier molecular flexibility index (Phi) is 6.59. The van der Waals surface area contributed by atoms with Crippen LogP contribution in [0.15, 0.2) is 91.0 Å². The van der Waals surface area contributed by atoms with Gasteiger partial charge in [0.05, 0.1) is 0 Å². The first kappa shape index (κ1) is 21.6. The van der Waals surface area contributed by atoms with Crippen molar-refractivity contribution < 1.29 is 4.57 Å². The van der Waals surface area contributed by atoms with Gasteiger partial charge in [0.15, 0.2) is 0 Å². The Morgan fingerprint density at radius 2 is 1.16 bits per heavy atom. The molecule has 0 aliphatic carbocycles. The molecule has 0 radical (unpaired) electrons. The predicted octanol–water partition coefficient (Wildman–Crippen LogP) is 5.82. The van der Waals surface area contributed by atoms with Crippen LogP contribution in [-0.2, 0) is 11.0 Å². The molecule has 0 aromatic heterocycles. The Balaban J connectivity index is 1.62. The van der Waals surface area contributed by atoms with E-state index >= 15 is 4.57 Å². The molecule has 1 atom stereocenters. The van der Waals surface area contributed by atoms with Crippen LogP contribution in [0.4, 0.5) is 11.4 Å². The summed E-state index contributed by atoms with van der Waals surface area (Å²) in [5, 5.41) is 0. The molecule has 2 aliphatic heterocycles. The molecule has 3 aromatic carbocycles. The number of thioether (sulfide) groups is 1. The average molecular weight is 464 g/mol. The molecule has 6 heteroatoms. The molecule has 1 unspecified atom stereocenters. The Morgan fingerprint density at radius 3 is 1.66 bits per heavy atom. The molecule has 2 heterocycles. The van der Waals surface area contributed by atoms with E-state index < -0.39 is 7.44 Å². The van der Waals surface area contributed by atoms with Crippen LogP contribution >= 0.6 is 19.2 Å². The van der Waals surface area contributed by atoms with Gasteiger partial charge in [-0.3, -0.25) is 9.46 Å². The number of nitrogens with zero attached hydrogens (tertiary/aromatic N) is 3. The van der Waals surface area contributed by atoms with E-state index in [1.54, 1.807) is 0 Å². The Morgan fingerprint density at radius 1 is 0.688 bits per heavy atom. The van der Waals surface area contributed by atoms with Gasteiger partial charge in [-0.1, -0.05) is 66.7 Å². The number of hydrogen-bond acceptors (Lipinski definition) is 3. The van der Waals surface area contributed by atoms with Gasteiger partial charge in [-0.15, -0.1) is 0 Å². The van der Waals surface area contributed by atoms with Crippen molar-refractivity contribution in [2.75, 3.05) is 47.0 Å². The first-order chi connectivity index (χ1) is 15.8. The van der Waals surface area contributed by atoms with E-state index in [0.717, 1.165) is 55.5 Å². The summed E-state index contributed by atoms with van der Waals surface area (Å²) in [7, 11) is -2.99. The highest BCUT2D eigenvalue weighted by Gasteiger charge is 2.51. The Bertz CT molecular complexity index is 993. The van der Waals surface area contributed by atoms with Crippen molar-refractivity contribution >= 4 is 30.6 Å². The second kappa shape index (κ2) is 9.74. The lowest BCUT2D eigenvalue weighted by atomic mass is 10.1. The van der Waals surface area contributed by atoms with Gasteiger partial charge in [-0.05, 0) is 36.2 Å². The maximum Gasteiger partial charge on any atom is 0.280 e. The van der Waals surface area contributed by atoms with Crippen LogP contribution in [0.2, 0.25) is 0 Å². The van der Waals surface area contributed by atoms with E-state index in [9.17, 15) is 0 Å². The standard InChI is InChI=1S/C26H30N3OPS/c30-31(26(27-18-20-32-21-19-27)22-23-10-4-1-5-11-23)28(24-12-6-2-7-13-24)16-17-29(31)25-14-8-3-9-15-25/h1-15,26H,16-22H2. The molecule has 3 aromatic rings. The van der Waals surface area contributed by atoms with E-state index in [1.165, 1.54) is 5.56 Å². The minimum Gasteiger partial charge on any atom is -0.304 e. The van der Waals surface area contributed by atoms with Crippen molar-refractivity contribution in [3.05, 3.63) is 96.6 Å². The average Bonchev–Trinajstić information content (AvgIpc) is 3.22. The maximum atomic E-state index is 15.5. The number of benzene rings is 3. The van der Waals surface area contributed by atoms with Crippen LogP contribution < -0.4 is 9.34 Å². The molecular formula is C26H30N3OPS. The molecule has 0 spiro atoms. The number of rotatable bonds is 6. The van der Waals surface area contributed by atoms with Crippen molar-refractivity contribution in [1.29, 1.82) is 0 Å². The Labute approximate surface area is 195 Å². The largest absolute Gasteiger partial charge is 0.304 e. The summed E-state index contributed by atoms with van der Waals surface area (Å²) in [6.45, 7) is 3.50. The van der Waals surface area contributed by atoms with E-state index in [-0.39, 0.29) is 5.78 Å². The fourth-order valence-corrected chi connectivity index (χ4v) is 9.50. The van der Waals surface area contributed by atoms with Crippen molar-refractivity contribution in [2.24, 2.45) is 0 Å². The third kappa shape index (κ3) is 4.22. The number of para-hydroxylation sites is 2. The summed E-state index contributed by atoms with van der Waals surface area (Å²) in [6.07, 6.45) is 0.787. The van der Waals surface area contributed by atoms with Gasteiger partial charge < -0.3 is 9.34 Å². The third-order valence-corrected chi connectivity index (χ3v) is 10.9. The molecule has 4 nitrogen and oxygen atoms in total. The summed E-state index contributed by atoms with van der Waals surface area (Å²) < 4.78 is 19.9. The van der Waals surface area contributed by atoms with Gasteiger partial charge in [0.25, 0.3) is 7.44 Å². The molecule has 0 amide bonds. The summed E-state index contributed by atoms with van der Waals surface area (Å²) >= 11 is 2.00. The van der Waals surface area contributed by atoms with Crippen LogP contribution in [0.3, 0.4) is 0 Å². The summed E-state index contributed by atoms with van der Waals surface area (Å²) in [6, 6.07) is 31.3. The predicted molar refractivity (Wildman–Crippen MR) is 138 cm³/mol. The smallest absolute Gasteiger partial charge is 0.280 e. The summed E-state index contributed by atoms with van der Waals surface area (Å²) in [5.74, 6) is 2.14. The SMILES string of the molecule is O=P1(C(Cc2ccccc2)N2CCSCC2)N(c2ccccc2)CCN1c1ccccc1. The third-order valence-electron chi connectivity index (χ3n) is 6.44. The quantitative estimate of drug-likeness (QED) is 0.429. The molecule has 2 saturated heterocycles. The monoisotopic (exact) mass is 463 g/mol. The van der Waals surface area contributed by atoms with Gasteiger partial charge in [0.2, 0.25) is 0 Å². The zero-order chi connectivity index (χ0) is 21.8. The highest BCUT2D eigenvalue weighted by atomic mass is 32.2. The van der Waals surface area contributed by atoms with Crippen molar-refractivity contribution in [2.45, 2.75) is 12.2 Å². The highest BCUT2D eigenvalue weighted by molar-refractivity contribution is 7.99. The minimum atomic E-state index is -2.99. The second-order valence-electron chi connectivity index (χ2n) is 8.33. The first-order valence-electron chi connectivity index (χ1n) is 11.4. The van der Waals surface area contributed by atoms with Crippen molar-refractivity contribution in [3.63, 3.8) is 0 Å². The highest BCUT2D eigenvalue weighted by Crippen LogP contribution is 2.64. The van der Waals surface area contributed by atoms with E-state index in [1.807, 2.05) is 23.9 Å². The lowest BCUT2D eigenvalue weighted by molar-refractivity contribution is 0.269. The van der Waals surface area contributed by atoms with Crippen LogP contribution in [0.1, 0.15) is 5.56 Å². The van der Waals surface area contributed by atoms with Crippen LogP contribution in [-0.4, -0.2) is 48.4 Å². The molecule has 0 N–H and O–H groups in total. The van der Waals surface area contributed by atoms with Gasteiger partial charge >= 0.3 is 0 Å². The minimum absolute atomic E-state index is 0.0614. The lowest BCUT2D eigenvalue weighted by Crippen LogP contribution is -2.46. The molecule has 166 valence electrons. The van der Waals surface area contributed by atoms with E-state index in [0.29, 0.717) is 0 Å². The molecule has 0 saturated carbocycles. The first-order valence-corrected chi connectivity index (χ1v) is 14.2. The molecule has 32 heavy (non-hydrogen) atoms. The number of hydrogen-bond donors (Lipinski definition) is 0. The zero-order valence-electron chi connectivity index (χ0n) is 18.3. The van der Waals surface area contributed by atoms with Crippen molar-refractivity contribution in [3.8, 4) is 0 Å². The van der Waals surface area contributed by atoms with Crippen molar-refractivity contribution in [1.82, 2.24) is 4.90 Å². The van der Waals surface area contributed by atoms with E-state index in [2.05, 4.69) is 93.1 Å². The second-order valence-corrected chi connectivity index (χ2v) is 12.3. The van der Waals surface area contributed by atoms with Gasteiger partial charge in [0, 0.05) is 49.1 Å². The summed E-state index contributed by atoms with van der Waals surface area (Å²) in [5.41, 5.74) is 3.36. The normalized spacial score (nSPS) is 19.8. The molecule has 0 bridgehead atoms. The zero-order valence-corrected chi connectivity index (χ0v) is 20.0. The topological polar surface area (TPSA) is 26.8 Å². The maximum absolute atomic E-state index is 15.5. The molecule has 2 aliphatic rings. The molecule has 2 fully saturated rings. The fraction of sp³-hybridized carbons (Fsp3) is 0.308. The van der Waals surface area contributed by atoms with E-state index in [4.69, 9.17) is 0 Å². The summed E-state index contributed by atoms with van der Waals surface area (Å²) in [4.78, 5) is 2.50.